The molecule has 1 aromatic carbocycles. The number of hydrogen-bond donors (Lipinski definition) is 0. The van der Waals surface area contributed by atoms with Crippen molar-refractivity contribution in [1.29, 1.82) is 0 Å². The zero-order valence-corrected chi connectivity index (χ0v) is 10.7. The van der Waals surface area contributed by atoms with Crippen LogP contribution in [0.5, 0.6) is 5.75 Å². The van der Waals surface area contributed by atoms with E-state index in [2.05, 4.69) is 0 Å². The van der Waals surface area contributed by atoms with Crippen LogP contribution in [0.3, 0.4) is 0 Å². The van der Waals surface area contributed by atoms with Gasteiger partial charge < -0.3 is 14.5 Å². The van der Waals surface area contributed by atoms with E-state index in [1.165, 1.54) is 0 Å². The van der Waals surface area contributed by atoms with Crippen LogP contribution in [0, 0.1) is 0 Å². The van der Waals surface area contributed by atoms with E-state index in [1.807, 2.05) is 29.2 Å². The summed E-state index contributed by atoms with van der Waals surface area (Å²) in [5.41, 5.74) is 0.759. The second-order valence-corrected chi connectivity index (χ2v) is 4.79. The molecule has 0 radical (unpaired) electrons. The smallest absolute Gasteiger partial charge is 0.265 e. The van der Waals surface area contributed by atoms with Gasteiger partial charge in [-0.3, -0.25) is 9.59 Å². The van der Waals surface area contributed by atoms with Gasteiger partial charge in [-0.05, 0) is 18.6 Å². The summed E-state index contributed by atoms with van der Waals surface area (Å²) >= 11 is 0. The third-order valence-electron chi connectivity index (χ3n) is 3.57. The van der Waals surface area contributed by atoms with Crippen LogP contribution >= 0.6 is 0 Å². The summed E-state index contributed by atoms with van der Waals surface area (Å²) in [6.07, 6.45) is 1.46. The molecule has 1 aromatic rings. The summed E-state index contributed by atoms with van der Waals surface area (Å²) in [6.45, 7) is 2.18. The zero-order valence-electron chi connectivity index (χ0n) is 10.7. The van der Waals surface area contributed by atoms with Crippen LogP contribution in [-0.2, 0) is 9.59 Å². The maximum atomic E-state index is 11.9. The van der Waals surface area contributed by atoms with E-state index in [-0.39, 0.29) is 18.4 Å². The van der Waals surface area contributed by atoms with Crippen LogP contribution in [0.1, 0.15) is 12.8 Å². The van der Waals surface area contributed by atoms with Crippen molar-refractivity contribution < 1.29 is 14.3 Å². The second kappa shape index (κ2) is 4.91. The van der Waals surface area contributed by atoms with Crippen LogP contribution in [0.4, 0.5) is 5.69 Å². The summed E-state index contributed by atoms with van der Waals surface area (Å²) in [5.74, 6) is 0.747. The highest BCUT2D eigenvalue weighted by Gasteiger charge is 2.27. The maximum absolute atomic E-state index is 11.9. The lowest BCUT2D eigenvalue weighted by molar-refractivity contribution is -0.134. The van der Waals surface area contributed by atoms with Crippen molar-refractivity contribution in [2.75, 3.05) is 31.1 Å². The molecule has 2 amide bonds. The number of benzene rings is 1. The molecule has 0 spiro atoms. The third kappa shape index (κ3) is 2.28. The number of rotatable bonds is 3. The Morgan fingerprint density at radius 3 is 2.79 bits per heavy atom. The molecule has 2 heterocycles. The molecule has 3 rings (SSSR count). The van der Waals surface area contributed by atoms with Crippen molar-refractivity contribution in [1.82, 2.24) is 4.90 Å². The minimum absolute atomic E-state index is 0.0505. The van der Waals surface area contributed by atoms with Gasteiger partial charge in [-0.25, -0.2) is 0 Å². The average molecular weight is 260 g/mol. The largest absolute Gasteiger partial charge is 0.482 e. The monoisotopic (exact) mass is 260 g/mol. The predicted molar refractivity (Wildman–Crippen MR) is 70.1 cm³/mol. The molecular formula is C14H16N2O3. The minimum Gasteiger partial charge on any atom is -0.482 e. The Hall–Kier alpha value is -2.04. The lowest BCUT2D eigenvalue weighted by Gasteiger charge is -2.33. The molecule has 1 fully saturated rings. The number of carbonyl (C=O) groups excluding carboxylic acids is 2. The standard InChI is InChI=1S/C14H16N2O3/c17-13(15-7-3-8-15)6-9-16-11-4-1-2-5-12(11)19-10-14(16)18/h1-2,4-5H,3,6-10H2. The first-order valence-electron chi connectivity index (χ1n) is 6.56. The highest BCUT2D eigenvalue weighted by atomic mass is 16.5. The topological polar surface area (TPSA) is 49.9 Å². The molecule has 5 heteroatoms. The Morgan fingerprint density at radius 2 is 2.05 bits per heavy atom. The van der Waals surface area contributed by atoms with Gasteiger partial charge in [0.25, 0.3) is 5.91 Å². The fourth-order valence-corrected chi connectivity index (χ4v) is 2.33. The summed E-state index contributed by atoms with van der Waals surface area (Å²) in [4.78, 5) is 27.2. The Balaban J connectivity index is 1.69. The van der Waals surface area contributed by atoms with Gasteiger partial charge in [0.1, 0.15) is 5.75 Å². The van der Waals surface area contributed by atoms with Gasteiger partial charge in [0, 0.05) is 26.1 Å². The van der Waals surface area contributed by atoms with E-state index in [0.717, 1.165) is 25.2 Å². The van der Waals surface area contributed by atoms with E-state index in [1.54, 1.807) is 4.90 Å². The number of amides is 2. The lowest BCUT2D eigenvalue weighted by Crippen LogP contribution is -2.45. The minimum atomic E-state index is -0.0879. The molecule has 0 aliphatic carbocycles. The summed E-state index contributed by atoms with van der Waals surface area (Å²) in [5, 5.41) is 0. The molecule has 100 valence electrons. The van der Waals surface area contributed by atoms with E-state index in [9.17, 15) is 9.59 Å². The number of para-hydroxylation sites is 2. The lowest BCUT2D eigenvalue weighted by atomic mass is 10.2. The van der Waals surface area contributed by atoms with E-state index in [4.69, 9.17) is 4.74 Å². The third-order valence-corrected chi connectivity index (χ3v) is 3.57. The molecule has 1 saturated heterocycles. The van der Waals surface area contributed by atoms with Gasteiger partial charge in [-0.1, -0.05) is 12.1 Å². The van der Waals surface area contributed by atoms with Crippen molar-refractivity contribution in [2.24, 2.45) is 0 Å². The van der Waals surface area contributed by atoms with Crippen LogP contribution in [-0.4, -0.2) is 43.0 Å². The molecule has 2 aliphatic heterocycles. The normalized spacial score (nSPS) is 17.6. The van der Waals surface area contributed by atoms with Gasteiger partial charge >= 0.3 is 0 Å². The SMILES string of the molecule is O=C(CCN1C(=O)COc2ccccc21)N1CCC1. The number of anilines is 1. The molecule has 5 nitrogen and oxygen atoms in total. The molecule has 19 heavy (non-hydrogen) atoms. The highest BCUT2D eigenvalue weighted by molar-refractivity contribution is 5.98. The molecule has 2 aliphatic rings. The summed E-state index contributed by atoms with van der Waals surface area (Å²) < 4.78 is 5.37. The second-order valence-electron chi connectivity index (χ2n) is 4.79. The zero-order chi connectivity index (χ0) is 13.2. The molecule has 0 aromatic heterocycles. The molecular weight excluding hydrogens is 244 g/mol. The molecule has 0 saturated carbocycles. The fraction of sp³-hybridized carbons (Fsp3) is 0.429. The van der Waals surface area contributed by atoms with E-state index >= 15 is 0 Å². The first-order valence-corrected chi connectivity index (χ1v) is 6.56. The molecule has 0 N–H and O–H groups in total. The highest BCUT2D eigenvalue weighted by Crippen LogP contribution is 2.31. The number of carbonyl (C=O) groups is 2. The molecule has 0 bridgehead atoms. The van der Waals surface area contributed by atoms with Crippen molar-refractivity contribution in [3.05, 3.63) is 24.3 Å². The summed E-state index contributed by atoms with van der Waals surface area (Å²) in [6, 6.07) is 7.43. The molecule has 0 unspecified atom stereocenters. The van der Waals surface area contributed by atoms with Gasteiger partial charge in [-0.15, -0.1) is 0 Å². The van der Waals surface area contributed by atoms with Crippen molar-refractivity contribution >= 4 is 17.5 Å². The number of ether oxygens (including phenoxy) is 1. The van der Waals surface area contributed by atoms with Gasteiger partial charge in [0.05, 0.1) is 5.69 Å². The van der Waals surface area contributed by atoms with Gasteiger partial charge in [0.15, 0.2) is 6.61 Å². The number of hydrogen-bond acceptors (Lipinski definition) is 3. The van der Waals surface area contributed by atoms with E-state index in [0.29, 0.717) is 18.7 Å². The Morgan fingerprint density at radius 1 is 1.26 bits per heavy atom. The van der Waals surface area contributed by atoms with Gasteiger partial charge in [-0.2, -0.15) is 0 Å². The Labute approximate surface area is 111 Å². The van der Waals surface area contributed by atoms with Crippen LogP contribution in [0.2, 0.25) is 0 Å². The fourth-order valence-electron chi connectivity index (χ4n) is 2.33. The van der Waals surface area contributed by atoms with E-state index < -0.39 is 0 Å². The van der Waals surface area contributed by atoms with Crippen molar-refractivity contribution in [3.63, 3.8) is 0 Å². The van der Waals surface area contributed by atoms with Crippen LogP contribution in [0.15, 0.2) is 24.3 Å². The first kappa shape index (κ1) is 12.0. The Kier molecular flexibility index (Phi) is 3.11. The van der Waals surface area contributed by atoms with Crippen LogP contribution < -0.4 is 9.64 Å². The molecule has 0 atom stereocenters. The van der Waals surface area contributed by atoms with Gasteiger partial charge in [0.2, 0.25) is 5.91 Å². The average Bonchev–Trinajstić information content (AvgIpc) is 2.35. The number of fused-ring (bicyclic) bond motifs is 1. The van der Waals surface area contributed by atoms with Crippen LogP contribution in [0.25, 0.3) is 0 Å². The predicted octanol–water partition coefficient (Wildman–Crippen LogP) is 1.03. The van der Waals surface area contributed by atoms with Crippen molar-refractivity contribution in [3.8, 4) is 5.75 Å². The maximum Gasteiger partial charge on any atom is 0.265 e. The number of likely N-dealkylation sites (tertiary alicyclic amines) is 1. The number of nitrogens with zero attached hydrogens (tertiary/aromatic N) is 2. The summed E-state index contributed by atoms with van der Waals surface area (Å²) in [7, 11) is 0. The Bertz CT molecular complexity index is 511. The van der Waals surface area contributed by atoms with Crippen molar-refractivity contribution in [2.45, 2.75) is 12.8 Å². The quantitative estimate of drug-likeness (QED) is 0.815. The first-order chi connectivity index (χ1) is 9.25.